The summed E-state index contributed by atoms with van der Waals surface area (Å²) in [5, 5.41) is 11.4. The van der Waals surface area contributed by atoms with Gasteiger partial charge in [-0.05, 0) is 41.5 Å². The van der Waals surface area contributed by atoms with Crippen LogP contribution in [0.4, 0.5) is 19.0 Å². The molecule has 2 aliphatic rings. The van der Waals surface area contributed by atoms with Gasteiger partial charge in [-0.2, -0.15) is 23.4 Å². The van der Waals surface area contributed by atoms with E-state index in [0.717, 1.165) is 15.9 Å². The Morgan fingerprint density at radius 2 is 1.92 bits per heavy atom. The molecule has 0 saturated heterocycles. The zero-order valence-electron chi connectivity index (χ0n) is 20.2. The van der Waals surface area contributed by atoms with Gasteiger partial charge in [-0.15, -0.1) is 0 Å². The van der Waals surface area contributed by atoms with Crippen LogP contribution >= 0.6 is 0 Å². The highest BCUT2D eigenvalue weighted by Crippen LogP contribution is 2.45. The molecule has 2 aromatic carbocycles. The Morgan fingerprint density at radius 3 is 2.66 bits per heavy atom. The normalized spacial score (nSPS) is 18.1. The molecule has 38 heavy (non-hydrogen) atoms. The zero-order chi connectivity index (χ0) is 26.4. The summed E-state index contributed by atoms with van der Waals surface area (Å²) in [6.45, 7) is 0.332. The first-order chi connectivity index (χ1) is 18.3. The number of halogens is 3. The van der Waals surface area contributed by atoms with Gasteiger partial charge in [-0.25, -0.2) is 9.36 Å². The van der Waals surface area contributed by atoms with Crippen LogP contribution in [0.15, 0.2) is 67.0 Å². The van der Waals surface area contributed by atoms with E-state index < -0.39 is 24.2 Å². The van der Waals surface area contributed by atoms with E-state index in [4.69, 9.17) is 9.47 Å². The first-order valence-electron chi connectivity index (χ1n) is 11.9. The molecule has 4 heterocycles. The van der Waals surface area contributed by atoms with E-state index in [0.29, 0.717) is 17.1 Å². The van der Waals surface area contributed by atoms with Crippen molar-refractivity contribution in [2.24, 2.45) is 0 Å². The van der Waals surface area contributed by atoms with E-state index in [1.54, 1.807) is 36.1 Å². The fourth-order valence-electron chi connectivity index (χ4n) is 4.74. The number of aromatic nitrogens is 4. The number of hydrogen-bond donors (Lipinski definition) is 1. The third kappa shape index (κ3) is 4.42. The Bertz CT molecular complexity index is 1470. The van der Waals surface area contributed by atoms with Gasteiger partial charge in [0, 0.05) is 38.5 Å². The van der Waals surface area contributed by atoms with Crippen molar-refractivity contribution in [3.63, 3.8) is 0 Å². The van der Waals surface area contributed by atoms with E-state index in [2.05, 4.69) is 15.5 Å². The van der Waals surface area contributed by atoms with Gasteiger partial charge in [-0.1, -0.05) is 18.2 Å². The van der Waals surface area contributed by atoms with Crippen LogP contribution in [0.25, 0.3) is 5.69 Å². The average molecular weight is 525 g/mol. The van der Waals surface area contributed by atoms with Crippen molar-refractivity contribution < 1.29 is 27.4 Å². The zero-order valence-corrected chi connectivity index (χ0v) is 20.2. The lowest BCUT2D eigenvalue weighted by atomic mass is 9.96. The number of nitrogens with one attached hydrogen (secondary N) is 1. The highest BCUT2D eigenvalue weighted by molar-refractivity contribution is 5.93. The number of fused-ring (bicyclic) bond motifs is 2. The van der Waals surface area contributed by atoms with Crippen molar-refractivity contribution in [1.29, 1.82) is 0 Å². The number of alkyl halides is 3. The van der Waals surface area contributed by atoms with E-state index in [1.807, 2.05) is 36.5 Å². The van der Waals surface area contributed by atoms with Crippen LogP contribution in [0.5, 0.6) is 11.5 Å². The van der Waals surface area contributed by atoms with Crippen LogP contribution in [0, 0.1) is 0 Å². The van der Waals surface area contributed by atoms with Gasteiger partial charge in [-0.3, -0.25) is 4.79 Å². The standard InChI is InChI=1S/C26H23F3N6O3/c1-33(14-16-3-6-18(7-4-16)34-10-2-9-30-34)25(36)20-13-24-31-19(12-23(26(27,28)29)35(24)32-20)17-5-8-21-22(11-17)38-15-37-21/h2-11,13,19,23,31H,12,14-15H2,1H3/t19-,23-/m1/s1. The fraction of sp³-hybridized carbons (Fsp3) is 0.269. The summed E-state index contributed by atoms with van der Waals surface area (Å²) in [4.78, 5) is 14.6. The molecule has 0 bridgehead atoms. The Morgan fingerprint density at radius 1 is 1.13 bits per heavy atom. The summed E-state index contributed by atoms with van der Waals surface area (Å²) in [6, 6.07) is 13.2. The van der Waals surface area contributed by atoms with Crippen LogP contribution in [-0.2, 0) is 6.54 Å². The largest absolute Gasteiger partial charge is 0.454 e. The Balaban J connectivity index is 1.22. The molecule has 0 unspecified atom stereocenters. The summed E-state index contributed by atoms with van der Waals surface area (Å²) in [7, 11) is 1.59. The molecule has 12 heteroatoms. The van der Waals surface area contributed by atoms with E-state index in [9.17, 15) is 18.0 Å². The van der Waals surface area contributed by atoms with Gasteiger partial charge in [0.05, 0.1) is 11.7 Å². The smallest absolute Gasteiger partial charge is 0.410 e. The monoisotopic (exact) mass is 524 g/mol. The number of rotatable bonds is 5. The quantitative estimate of drug-likeness (QED) is 0.406. The number of hydrogen-bond acceptors (Lipinski definition) is 6. The minimum absolute atomic E-state index is 0.0660. The molecular weight excluding hydrogens is 501 g/mol. The summed E-state index contributed by atoms with van der Waals surface area (Å²) in [5.74, 6) is 0.683. The van der Waals surface area contributed by atoms with Gasteiger partial charge in [0.15, 0.2) is 23.2 Å². The molecule has 0 saturated carbocycles. The van der Waals surface area contributed by atoms with Crippen molar-refractivity contribution >= 4 is 11.7 Å². The van der Waals surface area contributed by atoms with E-state index in [1.165, 1.54) is 11.0 Å². The van der Waals surface area contributed by atoms with Crippen LogP contribution in [0.3, 0.4) is 0 Å². The van der Waals surface area contributed by atoms with Crippen LogP contribution in [0.2, 0.25) is 0 Å². The van der Waals surface area contributed by atoms with Crippen LogP contribution in [0.1, 0.15) is 40.1 Å². The second-order valence-corrected chi connectivity index (χ2v) is 9.24. The molecule has 0 spiro atoms. The lowest BCUT2D eigenvalue weighted by Crippen LogP contribution is -2.35. The predicted octanol–water partition coefficient (Wildman–Crippen LogP) is 4.73. The molecule has 2 aliphatic heterocycles. The number of carbonyl (C=O) groups is 1. The molecular formula is C26H23F3N6O3. The van der Waals surface area contributed by atoms with Gasteiger partial charge >= 0.3 is 6.18 Å². The van der Waals surface area contributed by atoms with Gasteiger partial charge in [0.1, 0.15) is 5.82 Å². The number of carbonyl (C=O) groups excluding carboxylic acids is 1. The Labute approximate surface area is 215 Å². The summed E-state index contributed by atoms with van der Waals surface area (Å²) < 4.78 is 55.5. The van der Waals surface area contributed by atoms with Gasteiger partial charge < -0.3 is 19.7 Å². The Hall–Kier alpha value is -4.48. The fourth-order valence-corrected chi connectivity index (χ4v) is 4.74. The topological polar surface area (TPSA) is 86.4 Å². The molecule has 0 fully saturated rings. The predicted molar refractivity (Wildman–Crippen MR) is 130 cm³/mol. The molecule has 196 valence electrons. The molecule has 2 atom stereocenters. The van der Waals surface area contributed by atoms with Crippen molar-refractivity contribution in [1.82, 2.24) is 24.5 Å². The molecule has 0 aliphatic carbocycles. The van der Waals surface area contributed by atoms with Crippen molar-refractivity contribution in [3.05, 3.63) is 83.8 Å². The number of nitrogens with zero attached hydrogens (tertiary/aromatic N) is 5. The lowest BCUT2D eigenvalue weighted by molar-refractivity contribution is -0.173. The maximum atomic E-state index is 14.1. The molecule has 9 nitrogen and oxygen atoms in total. The number of benzene rings is 2. The lowest BCUT2D eigenvalue weighted by Gasteiger charge is -2.33. The summed E-state index contributed by atoms with van der Waals surface area (Å²) in [6.07, 6.45) is -1.34. The average Bonchev–Trinajstić information content (AvgIpc) is 3.67. The second kappa shape index (κ2) is 9.12. The summed E-state index contributed by atoms with van der Waals surface area (Å²) >= 11 is 0. The number of ether oxygens (including phenoxy) is 2. The highest BCUT2D eigenvalue weighted by Gasteiger charge is 2.47. The molecule has 4 aromatic rings. The minimum Gasteiger partial charge on any atom is -0.454 e. The van der Waals surface area contributed by atoms with Crippen molar-refractivity contribution in [2.45, 2.75) is 31.2 Å². The maximum absolute atomic E-state index is 14.1. The van der Waals surface area contributed by atoms with Crippen LogP contribution in [-0.4, -0.2) is 50.4 Å². The molecule has 6 rings (SSSR count). The first kappa shape index (κ1) is 23.9. The van der Waals surface area contributed by atoms with Crippen molar-refractivity contribution in [2.75, 3.05) is 19.2 Å². The van der Waals surface area contributed by atoms with E-state index in [-0.39, 0.29) is 31.3 Å². The van der Waals surface area contributed by atoms with Crippen LogP contribution < -0.4 is 14.8 Å². The Kier molecular flexibility index (Phi) is 5.73. The van der Waals surface area contributed by atoms with Crippen molar-refractivity contribution in [3.8, 4) is 17.2 Å². The first-order valence-corrected chi connectivity index (χ1v) is 11.9. The minimum atomic E-state index is -4.56. The third-order valence-corrected chi connectivity index (χ3v) is 6.68. The molecule has 2 aromatic heterocycles. The van der Waals surface area contributed by atoms with E-state index >= 15 is 0 Å². The second-order valence-electron chi connectivity index (χ2n) is 9.24. The highest BCUT2D eigenvalue weighted by atomic mass is 19.4. The third-order valence-electron chi connectivity index (χ3n) is 6.68. The maximum Gasteiger partial charge on any atom is 0.410 e. The molecule has 0 radical (unpaired) electrons. The summed E-state index contributed by atoms with van der Waals surface area (Å²) in [5.41, 5.74) is 2.29. The van der Waals surface area contributed by atoms with Gasteiger partial charge in [0.25, 0.3) is 5.91 Å². The SMILES string of the molecule is CN(Cc1ccc(-n2cccn2)cc1)C(=O)c1cc2n(n1)[C@@H](C(F)(F)F)C[C@H](c1ccc3c(c1)OCO3)N2. The number of anilines is 1. The number of amides is 1. The van der Waals surface area contributed by atoms with Gasteiger partial charge in [0.2, 0.25) is 6.79 Å². The molecule has 1 amide bonds. The molecule has 1 N–H and O–H groups in total.